The van der Waals surface area contributed by atoms with Gasteiger partial charge in [-0.05, 0) is 24.6 Å². The lowest BCUT2D eigenvalue weighted by molar-refractivity contribution is -0.153. The summed E-state index contributed by atoms with van der Waals surface area (Å²) in [5.41, 5.74) is 0.890. The van der Waals surface area contributed by atoms with Crippen molar-refractivity contribution in [2.75, 3.05) is 6.61 Å². The first kappa shape index (κ1) is 16.6. The maximum absolute atomic E-state index is 11.7. The Hall–Kier alpha value is -2.76. The van der Waals surface area contributed by atoms with E-state index in [1.165, 1.54) is 6.20 Å². The van der Waals surface area contributed by atoms with Crippen molar-refractivity contribution in [1.82, 2.24) is 9.78 Å². The van der Waals surface area contributed by atoms with E-state index in [2.05, 4.69) is 10.1 Å². The van der Waals surface area contributed by atoms with Crippen molar-refractivity contribution in [1.29, 1.82) is 0 Å². The molecular weight excluding hydrogens is 294 g/mol. The van der Waals surface area contributed by atoms with E-state index in [0.29, 0.717) is 5.36 Å². The highest BCUT2D eigenvalue weighted by Crippen LogP contribution is 2.02. The van der Waals surface area contributed by atoms with Gasteiger partial charge in [0.1, 0.15) is 0 Å². The Morgan fingerprint density at radius 2 is 1.96 bits per heavy atom. The van der Waals surface area contributed by atoms with Gasteiger partial charge in [-0.1, -0.05) is 38.0 Å². The van der Waals surface area contributed by atoms with Gasteiger partial charge in [-0.3, -0.25) is 4.79 Å². The van der Waals surface area contributed by atoms with Crippen LogP contribution in [0.1, 0.15) is 26.2 Å². The van der Waals surface area contributed by atoms with Crippen molar-refractivity contribution >= 4 is 11.9 Å². The van der Waals surface area contributed by atoms with Gasteiger partial charge in [-0.2, -0.15) is 5.10 Å². The molecule has 0 aliphatic carbocycles. The third kappa shape index (κ3) is 5.18. The molecule has 1 aromatic carbocycles. The van der Waals surface area contributed by atoms with E-state index >= 15 is 0 Å². The lowest BCUT2D eigenvalue weighted by Crippen LogP contribution is -2.19. The summed E-state index contributed by atoms with van der Waals surface area (Å²) in [6.07, 6.45) is 5.83. The predicted octanol–water partition coefficient (Wildman–Crippen LogP) is 2.03. The summed E-state index contributed by atoms with van der Waals surface area (Å²) >= 11 is 0. The number of rotatable bonds is 5. The van der Waals surface area contributed by atoms with Gasteiger partial charge in [0.05, 0.1) is 23.8 Å². The van der Waals surface area contributed by atoms with Crippen molar-refractivity contribution < 1.29 is 14.3 Å². The number of carbonyl (C=O) groups is 2. The van der Waals surface area contributed by atoms with Gasteiger partial charge in [0.25, 0.3) is 0 Å². The standard InChI is InChI=1S/C17H19N3O3/c1-2-3-7-12-23-17(22)16(21)19-14-10-11-20(18-13-14)15-8-5-4-6-9-15/h4-6,8-11,13H,2-3,7,12H2,1H3. The average molecular weight is 313 g/mol. The Kier molecular flexibility index (Phi) is 6.23. The van der Waals surface area contributed by atoms with Crippen molar-refractivity contribution in [2.45, 2.75) is 26.2 Å². The molecule has 0 aliphatic heterocycles. The third-order valence-electron chi connectivity index (χ3n) is 3.11. The minimum absolute atomic E-state index is 0.245. The molecule has 1 aromatic heterocycles. The Balaban J connectivity index is 1.99. The van der Waals surface area contributed by atoms with Crippen LogP contribution >= 0.6 is 0 Å². The van der Waals surface area contributed by atoms with Gasteiger partial charge < -0.3 is 4.74 Å². The Morgan fingerprint density at radius 1 is 1.17 bits per heavy atom. The molecule has 23 heavy (non-hydrogen) atoms. The van der Waals surface area contributed by atoms with Gasteiger partial charge in [0.2, 0.25) is 0 Å². The molecule has 120 valence electrons. The molecule has 2 aromatic rings. The van der Waals surface area contributed by atoms with Crippen LogP contribution in [0.3, 0.4) is 0 Å². The van der Waals surface area contributed by atoms with Crippen molar-refractivity contribution in [3.05, 3.63) is 54.1 Å². The second kappa shape index (κ2) is 8.63. The zero-order valence-electron chi connectivity index (χ0n) is 13.0. The van der Waals surface area contributed by atoms with Crippen LogP contribution < -0.4 is 5.36 Å². The maximum atomic E-state index is 11.7. The van der Waals surface area contributed by atoms with Gasteiger partial charge in [0, 0.05) is 6.20 Å². The van der Waals surface area contributed by atoms with Crippen molar-refractivity contribution in [3.8, 4) is 5.69 Å². The number of nitrogens with zero attached hydrogens (tertiary/aromatic N) is 3. The summed E-state index contributed by atoms with van der Waals surface area (Å²) in [5, 5.41) is 4.48. The van der Waals surface area contributed by atoms with E-state index in [9.17, 15) is 9.59 Å². The average Bonchev–Trinajstić information content (AvgIpc) is 2.60. The number of ether oxygens (including phenoxy) is 1. The third-order valence-corrected chi connectivity index (χ3v) is 3.11. The molecule has 0 spiro atoms. The van der Waals surface area contributed by atoms with Gasteiger partial charge in [0.15, 0.2) is 0 Å². The molecule has 0 unspecified atom stereocenters. The van der Waals surface area contributed by atoms with Crippen LogP contribution in [0.15, 0.2) is 53.8 Å². The molecule has 0 radical (unpaired) electrons. The Morgan fingerprint density at radius 3 is 2.61 bits per heavy atom. The smallest absolute Gasteiger partial charge is 0.399 e. The Bertz CT molecular complexity index is 703. The minimum Gasteiger partial charge on any atom is -0.458 e. The van der Waals surface area contributed by atoms with Crippen LogP contribution in [0.2, 0.25) is 0 Å². The number of esters is 1. The van der Waals surface area contributed by atoms with Crippen LogP contribution in [0.25, 0.3) is 5.69 Å². The van der Waals surface area contributed by atoms with Crippen LogP contribution in [0.5, 0.6) is 0 Å². The van der Waals surface area contributed by atoms with E-state index in [0.717, 1.165) is 24.9 Å². The van der Waals surface area contributed by atoms with Gasteiger partial charge >= 0.3 is 11.9 Å². The van der Waals surface area contributed by atoms with Gasteiger partial charge in [-0.25, -0.2) is 14.5 Å². The largest absolute Gasteiger partial charge is 0.458 e. The molecule has 0 saturated heterocycles. The summed E-state index contributed by atoms with van der Waals surface area (Å²) in [5.74, 6) is -1.85. The van der Waals surface area contributed by atoms with E-state index in [1.807, 2.05) is 37.3 Å². The zero-order valence-corrected chi connectivity index (χ0v) is 13.0. The molecule has 0 N–H and O–H groups in total. The van der Waals surface area contributed by atoms with E-state index < -0.39 is 11.9 Å². The monoisotopic (exact) mass is 313 g/mol. The number of para-hydroxylation sites is 1. The second-order valence-corrected chi connectivity index (χ2v) is 4.93. The highest BCUT2D eigenvalue weighted by atomic mass is 16.5. The highest BCUT2D eigenvalue weighted by molar-refractivity contribution is 6.32. The second-order valence-electron chi connectivity index (χ2n) is 4.93. The molecule has 6 heteroatoms. The highest BCUT2D eigenvalue weighted by Gasteiger charge is 2.13. The molecule has 1 heterocycles. The number of carbonyl (C=O) groups excluding carboxylic acids is 2. The summed E-state index contributed by atoms with van der Waals surface area (Å²) in [7, 11) is 0. The molecule has 6 nitrogen and oxygen atoms in total. The number of unbranched alkanes of at least 4 members (excludes halogenated alkanes) is 2. The fourth-order valence-electron chi connectivity index (χ4n) is 1.89. The topological polar surface area (TPSA) is 73.6 Å². The zero-order chi connectivity index (χ0) is 16.5. The summed E-state index contributed by atoms with van der Waals surface area (Å²) in [6, 6.07) is 11.1. The van der Waals surface area contributed by atoms with E-state index in [1.54, 1.807) is 16.9 Å². The minimum atomic E-state index is -0.930. The SMILES string of the molecule is CCCCCOC(=O)C(=O)N=c1ccn(-c2ccccc2)nc1. The number of aromatic nitrogens is 2. The molecule has 1 amide bonds. The number of amides is 1. The fraction of sp³-hybridized carbons (Fsp3) is 0.294. The first-order valence-corrected chi connectivity index (χ1v) is 7.57. The molecule has 0 saturated carbocycles. The molecule has 0 bridgehead atoms. The lowest BCUT2D eigenvalue weighted by atomic mass is 10.3. The van der Waals surface area contributed by atoms with Crippen LogP contribution in [-0.2, 0) is 14.3 Å². The van der Waals surface area contributed by atoms with Crippen LogP contribution in [0.4, 0.5) is 0 Å². The summed E-state index contributed by atoms with van der Waals surface area (Å²) in [4.78, 5) is 26.9. The van der Waals surface area contributed by atoms with E-state index in [-0.39, 0.29) is 6.61 Å². The first-order valence-electron chi connectivity index (χ1n) is 7.57. The van der Waals surface area contributed by atoms with Crippen molar-refractivity contribution in [3.63, 3.8) is 0 Å². The molecule has 0 fully saturated rings. The number of hydrogen-bond acceptors (Lipinski definition) is 4. The van der Waals surface area contributed by atoms with E-state index in [4.69, 9.17) is 4.74 Å². The lowest BCUT2D eigenvalue weighted by Gasteiger charge is -2.03. The molecular formula is C17H19N3O3. The first-order chi connectivity index (χ1) is 11.2. The summed E-state index contributed by atoms with van der Waals surface area (Å²) < 4.78 is 6.51. The molecule has 2 rings (SSSR count). The predicted molar refractivity (Wildman–Crippen MR) is 84.6 cm³/mol. The van der Waals surface area contributed by atoms with Gasteiger partial charge in [-0.15, -0.1) is 0 Å². The number of benzene rings is 1. The maximum Gasteiger partial charge on any atom is 0.399 e. The summed E-state index contributed by atoms with van der Waals surface area (Å²) in [6.45, 7) is 2.29. The number of hydrogen-bond donors (Lipinski definition) is 0. The molecule has 0 atom stereocenters. The van der Waals surface area contributed by atoms with Crippen molar-refractivity contribution in [2.24, 2.45) is 4.99 Å². The Labute approximate surface area is 134 Å². The molecule has 0 aliphatic rings. The van der Waals surface area contributed by atoms with Crippen LogP contribution in [0, 0.1) is 0 Å². The quantitative estimate of drug-likeness (QED) is 0.481. The fourth-order valence-corrected chi connectivity index (χ4v) is 1.89. The normalized spacial score (nSPS) is 11.3. The van der Waals surface area contributed by atoms with Crippen LogP contribution in [-0.4, -0.2) is 28.3 Å².